The predicted molar refractivity (Wildman–Crippen MR) is 59.2 cm³/mol. The van der Waals surface area contributed by atoms with Gasteiger partial charge in [0.25, 0.3) is 0 Å². The Kier molecular flexibility index (Phi) is 2.59. The molecule has 1 aliphatic heterocycles. The zero-order valence-corrected chi connectivity index (χ0v) is 8.38. The van der Waals surface area contributed by atoms with Crippen LogP contribution in [0.15, 0.2) is 36.5 Å². The zero-order valence-electron chi connectivity index (χ0n) is 8.38. The Labute approximate surface area is 92.0 Å². The minimum atomic E-state index is -1.04. The highest BCUT2D eigenvalue weighted by atomic mass is 16.4. The Morgan fingerprint density at radius 3 is 2.94 bits per heavy atom. The van der Waals surface area contributed by atoms with E-state index in [2.05, 4.69) is 5.32 Å². The van der Waals surface area contributed by atoms with Gasteiger partial charge in [0.05, 0.1) is 11.4 Å². The van der Waals surface area contributed by atoms with E-state index >= 15 is 0 Å². The molecule has 16 heavy (non-hydrogen) atoms. The van der Waals surface area contributed by atoms with E-state index in [9.17, 15) is 9.59 Å². The summed E-state index contributed by atoms with van der Waals surface area (Å²) in [6.45, 7) is 0.126. The zero-order chi connectivity index (χ0) is 11.5. The van der Waals surface area contributed by atoms with Crippen LogP contribution in [0.25, 0.3) is 0 Å². The van der Waals surface area contributed by atoms with Gasteiger partial charge in [-0.15, -0.1) is 0 Å². The van der Waals surface area contributed by atoms with Crippen molar-refractivity contribution in [2.24, 2.45) is 0 Å². The molecule has 1 aromatic carbocycles. The molecular weight excluding hydrogens is 208 g/mol. The molecule has 0 fully saturated rings. The number of carboxylic acid groups (broad SMARTS) is 1. The quantitative estimate of drug-likeness (QED) is 0.728. The summed E-state index contributed by atoms with van der Waals surface area (Å²) >= 11 is 0. The van der Waals surface area contributed by atoms with Crippen LogP contribution >= 0.6 is 0 Å². The molecule has 0 radical (unpaired) electrons. The first-order valence-electron chi connectivity index (χ1n) is 4.73. The van der Waals surface area contributed by atoms with Crippen LogP contribution in [0.2, 0.25) is 0 Å². The second kappa shape index (κ2) is 4.06. The third-order valence-electron chi connectivity index (χ3n) is 2.20. The van der Waals surface area contributed by atoms with Gasteiger partial charge in [-0.1, -0.05) is 12.1 Å². The van der Waals surface area contributed by atoms with Crippen LogP contribution in [0.4, 0.5) is 11.4 Å². The lowest BCUT2D eigenvalue weighted by Gasteiger charge is -2.27. The van der Waals surface area contributed by atoms with E-state index < -0.39 is 5.97 Å². The number of carbonyl (C=O) groups is 2. The fraction of sp³-hybridized carbons (Fsp3) is 0.0909. The van der Waals surface area contributed by atoms with E-state index in [0.29, 0.717) is 5.69 Å². The number of anilines is 2. The molecule has 0 atom stereocenters. The van der Waals surface area contributed by atoms with Gasteiger partial charge in [0.2, 0.25) is 5.91 Å². The number of carboxylic acids is 1. The van der Waals surface area contributed by atoms with Crippen LogP contribution in [-0.4, -0.2) is 23.5 Å². The maximum absolute atomic E-state index is 11.3. The number of rotatable bonds is 2. The molecule has 0 unspecified atom stereocenters. The highest BCUT2D eigenvalue weighted by molar-refractivity contribution is 6.01. The molecule has 0 aromatic heterocycles. The third kappa shape index (κ3) is 2.03. The fourth-order valence-corrected chi connectivity index (χ4v) is 1.55. The summed E-state index contributed by atoms with van der Waals surface area (Å²) in [5, 5.41) is 11.3. The summed E-state index contributed by atoms with van der Waals surface area (Å²) in [4.78, 5) is 23.4. The molecule has 1 aromatic rings. The maximum atomic E-state index is 11.3. The van der Waals surface area contributed by atoms with E-state index in [1.807, 2.05) is 18.2 Å². The first-order valence-corrected chi connectivity index (χ1v) is 4.73. The summed E-state index contributed by atoms with van der Waals surface area (Å²) < 4.78 is 0. The Bertz CT molecular complexity index is 468. The summed E-state index contributed by atoms with van der Waals surface area (Å²) in [6.07, 6.45) is 2.40. The molecule has 0 saturated heterocycles. The van der Waals surface area contributed by atoms with Crippen molar-refractivity contribution in [3.05, 3.63) is 36.5 Å². The lowest BCUT2D eigenvalue weighted by Crippen LogP contribution is -2.34. The molecule has 1 heterocycles. The summed E-state index contributed by atoms with van der Waals surface area (Å²) in [7, 11) is 0. The van der Waals surface area contributed by atoms with Gasteiger partial charge in [-0.05, 0) is 12.1 Å². The molecule has 0 spiro atoms. The molecule has 0 aliphatic carbocycles. The van der Waals surface area contributed by atoms with Crippen molar-refractivity contribution in [3.63, 3.8) is 0 Å². The molecule has 1 aliphatic rings. The van der Waals surface area contributed by atoms with Crippen molar-refractivity contribution >= 4 is 23.3 Å². The molecule has 0 saturated carbocycles. The van der Waals surface area contributed by atoms with Crippen LogP contribution < -0.4 is 10.2 Å². The Hall–Kier alpha value is -2.30. The van der Waals surface area contributed by atoms with Crippen molar-refractivity contribution in [1.29, 1.82) is 0 Å². The molecule has 2 rings (SSSR count). The Balaban J connectivity index is 2.33. The number of hydrogen-bond acceptors (Lipinski definition) is 3. The number of nitrogens with zero attached hydrogens (tertiary/aromatic N) is 1. The normalized spacial score (nSPS) is 14.8. The average molecular weight is 218 g/mol. The van der Waals surface area contributed by atoms with Gasteiger partial charge in [-0.25, -0.2) is 4.79 Å². The number of benzene rings is 1. The van der Waals surface area contributed by atoms with Crippen molar-refractivity contribution in [2.45, 2.75) is 0 Å². The number of amides is 1. The predicted octanol–water partition coefficient (Wildman–Crippen LogP) is 1.04. The molecule has 5 nitrogen and oxygen atoms in total. The van der Waals surface area contributed by atoms with Gasteiger partial charge in [0, 0.05) is 12.3 Å². The van der Waals surface area contributed by atoms with E-state index in [1.54, 1.807) is 11.0 Å². The van der Waals surface area contributed by atoms with Crippen molar-refractivity contribution < 1.29 is 14.7 Å². The van der Waals surface area contributed by atoms with Crippen molar-refractivity contribution in [3.8, 4) is 0 Å². The minimum absolute atomic E-state index is 0.126. The Morgan fingerprint density at radius 2 is 2.19 bits per heavy atom. The van der Waals surface area contributed by atoms with Crippen molar-refractivity contribution in [1.82, 2.24) is 0 Å². The van der Waals surface area contributed by atoms with Gasteiger partial charge in [-0.3, -0.25) is 4.79 Å². The van der Waals surface area contributed by atoms with Crippen LogP contribution in [-0.2, 0) is 9.59 Å². The van der Waals surface area contributed by atoms with Gasteiger partial charge >= 0.3 is 5.97 Å². The van der Waals surface area contributed by atoms with Crippen LogP contribution in [0.1, 0.15) is 0 Å². The maximum Gasteiger partial charge on any atom is 0.329 e. The number of fused-ring (bicyclic) bond motifs is 1. The molecule has 2 N–H and O–H groups in total. The number of aliphatic carboxylic acids is 1. The number of carbonyl (C=O) groups excluding carboxylic acids is 1. The van der Waals surface area contributed by atoms with Gasteiger partial charge < -0.3 is 15.3 Å². The van der Waals surface area contributed by atoms with Crippen LogP contribution in [0, 0.1) is 0 Å². The molecular formula is C11H10N2O3. The summed E-state index contributed by atoms with van der Waals surface area (Å²) in [5.41, 5.74) is 1.48. The molecule has 0 bridgehead atoms. The standard InChI is InChI=1S/C11H10N2O3/c14-10-7-13(6-5-11(15)16)9-4-2-1-3-8(9)12-10/h1-6H,7H2,(H,12,14)(H,15,16). The van der Waals surface area contributed by atoms with Gasteiger partial charge in [0.15, 0.2) is 0 Å². The first-order chi connectivity index (χ1) is 7.66. The molecule has 82 valence electrons. The lowest BCUT2D eigenvalue weighted by molar-refractivity contribution is -0.131. The van der Waals surface area contributed by atoms with E-state index in [-0.39, 0.29) is 12.5 Å². The average Bonchev–Trinajstić information content (AvgIpc) is 2.25. The highest BCUT2D eigenvalue weighted by Gasteiger charge is 2.19. The van der Waals surface area contributed by atoms with E-state index in [1.165, 1.54) is 6.20 Å². The van der Waals surface area contributed by atoms with Crippen LogP contribution in [0.5, 0.6) is 0 Å². The lowest BCUT2D eigenvalue weighted by atomic mass is 10.2. The van der Waals surface area contributed by atoms with E-state index in [4.69, 9.17) is 5.11 Å². The fourth-order valence-electron chi connectivity index (χ4n) is 1.55. The minimum Gasteiger partial charge on any atom is -0.478 e. The van der Waals surface area contributed by atoms with Crippen LogP contribution in [0.3, 0.4) is 0 Å². The van der Waals surface area contributed by atoms with Gasteiger partial charge in [0.1, 0.15) is 6.54 Å². The van der Waals surface area contributed by atoms with E-state index in [0.717, 1.165) is 11.8 Å². The van der Waals surface area contributed by atoms with Crippen molar-refractivity contribution in [2.75, 3.05) is 16.8 Å². The monoisotopic (exact) mass is 218 g/mol. The third-order valence-corrected chi connectivity index (χ3v) is 2.20. The van der Waals surface area contributed by atoms with Gasteiger partial charge in [-0.2, -0.15) is 0 Å². The highest BCUT2D eigenvalue weighted by Crippen LogP contribution is 2.28. The largest absolute Gasteiger partial charge is 0.478 e. The molecule has 1 amide bonds. The number of nitrogens with one attached hydrogen (secondary N) is 1. The number of para-hydroxylation sites is 2. The Morgan fingerprint density at radius 1 is 1.44 bits per heavy atom. The summed E-state index contributed by atoms with van der Waals surface area (Å²) in [5.74, 6) is -1.20. The summed E-state index contributed by atoms with van der Waals surface area (Å²) in [6, 6.07) is 7.23. The smallest absolute Gasteiger partial charge is 0.329 e. The topological polar surface area (TPSA) is 69.6 Å². The number of hydrogen-bond donors (Lipinski definition) is 2. The second-order valence-corrected chi connectivity index (χ2v) is 3.35. The molecule has 5 heteroatoms. The first kappa shape index (κ1) is 10.2. The SMILES string of the molecule is O=C(O)C=CN1CC(=O)Nc2ccccc21. The second-order valence-electron chi connectivity index (χ2n) is 3.35.